The number of carboxylic acids is 1. The molecule has 1 N–H and O–H groups in total. The van der Waals surface area contributed by atoms with E-state index in [9.17, 15) is 19.3 Å². The second-order valence-electron chi connectivity index (χ2n) is 3.81. The highest BCUT2D eigenvalue weighted by atomic mass is 19.1. The van der Waals surface area contributed by atoms with Crippen molar-refractivity contribution in [3.05, 3.63) is 34.1 Å². The van der Waals surface area contributed by atoms with E-state index in [1.165, 1.54) is 6.07 Å². The fourth-order valence-electron chi connectivity index (χ4n) is 1.55. The standard InChI is InChI=1S/C11H13FN2O4/c1-13(6-2-3-11(15)16)9-5-4-8(12)7-10(9)14(17)18/h4-5,7H,2-3,6H2,1H3,(H,15,16). The third-order valence-corrected chi connectivity index (χ3v) is 2.43. The predicted octanol–water partition coefficient (Wildman–Crippen LogP) is 2.03. The summed E-state index contributed by atoms with van der Waals surface area (Å²) >= 11 is 0. The lowest BCUT2D eigenvalue weighted by molar-refractivity contribution is -0.384. The van der Waals surface area contributed by atoms with Crippen LogP contribution in [0.15, 0.2) is 18.2 Å². The molecule has 0 unspecified atom stereocenters. The summed E-state index contributed by atoms with van der Waals surface area (Å²) in [5, 5.41) is 19.3. The van der Waals surface area contributed by atoms with Gasteiger partial charge in [-0.1, -0.05) is 0 Å². The van der Waals surface area contributed by atoms with E-state index in [0.717, 1.165) is 12.1 Å². The van der Waals surface area contributed by atoms with Gasteiger partial charge in [-0.05, 0) is 18.6 Å². The molecule has 0 aliphatic rings. The Labute approximate surface area is 103 Å². The zero-order valence-electron chi connectivity index (χ0n) is 9.80. The zero-order chi connectivity index (χ0) is 13.7. The Morgan fingerprint density at radius 2 is 2.22 bits per heavy atom. The molecule has 6 nitrogen and oxygen atoms in total. The van der Waals surface area contributed by atoms with Crippen molar-refractivity contribution in [1.82, 2.24) is 0 Å². The SMILES string of the molecule is CN(CCCC(=O)O)c1ccc(F)cc1[N+](=O)[O-]. The number of anilines is 1. The Balaban J connectivity index is 2.81. The summed E-state index contributed by atoms with van der Waals surface area (Å²) < 4.78 is 12.9. The Morgan fingerprint density at radius 3 is 2.78 bits per heavy atom. The molecule has 0 saturated carbocycles. The molecule has 0 heterocycles. The van der Waals surface area contributed by atoms with E-state index < -0.39 is 16.7 Å². The normalized spacial score (nSPS) is 10.1. The summed E-state index contributed by atoms with van der Waals surface area (Å²) in [5.74, 6) is -1.60. The molecule has 0 saturated heterocycles. The average molecular weight is 256 g/mol. The van der Waals surface area contributed by atoms with Gasteiger partial charge in [0.2, 0.25) is 0 Å². The number of aliphatic carboxylic acids is 1. The molecule has 1 aromatic carbocycles. The van der Waals surface area contributed by atoms with Gasteiger partial charge in [0, 0.05) is 20.0 Å². The number of rotatable bonds is 6. The fourth-order valence-corrected chi connectivity index (χ4v) is 1.55. The van der Waals surface area contributed by atoms with Crippen molar-refractivity contribution >= 4 is 17.3 Å². The first-order chi connectivity index (χ1) is 8.41. The molecular weight excluding hydrogens is 243 g/mol. The molecule has 7 heteroatoms. The summed E-state index contributed by atoms with van der Waals surface area (Å²) in [7, 11) is 1.60. The number of carbonyl (C=O) groups is 1. The summed E-state index contributed by atoms with van der Waals surface area (Å²) in [6, 6.07) is 3.30. The molecule has 0 aliphatic carbocycles. The van der Waals surface area contributed by atoms with Crippen LogP contribution in [0.5, 0.6) is 0 Å². The van der Waals surface area contributed by atoms with Gasteiger partial charge in [-0.2, -0.15) is 0 Å². The molecule has 0 fully saturated rings. The highest BCUT2D eigenvalue weighted by Gasteiger charge is 2.18. The number of halogens is 1. The minimum Gasteiger partial charge on any atom is -0.481 e. The van der Waals surface area contributed by atoms with E-state index in [4.69, 9.17) is 5.11 Å². The maximum atomic E-state index is 12.9. The van der Waals surface area contributed by atoms with E-state index in [2.05, 4.69) is 0 Å². The lowest BCUT2D eigenvalue weighted by Gasteiger charge is -2.18. The van der Waals surface area contributed by atoms with Crippen LogP contribution < -0.4 is 4.90 Å². The molecule has 1 rings (SSSR count). The van der Waals surface area contributed by atoms with Crippen LogP contribution in [0.2, 0.25) is 0 Å². The van der Waals surface area contributed by atoms with Gasteiger partial charge in [0.05, 0.1) is 11.0 Å². The fraction of sp³-hybridized carbons (Fsp3) is 0.364. The van der Waals surface area contributed by atoms with Crippen LogP contribution in [-0.4, -0.2) is 29.6 Å². The van der Waals surface area contributed by atoms with Crippen LogP contribution in [0.1, 0.15) is 12.8 Å². The lowest BCUT2D eigenvalue weighted by atomic mass is 10.2. The minimum absolute atomic E-state index is 0.0146. The van der Waals surface area contributed by atoms with Crippen LogP contribution in [-0.2, 0) is 4.79 Å². The van der Waals surface area contributed by atoms with Gasteiger partial charge in [-0.25, -0.2) is 4.39 Å². The quantitative estimate of drug-likeness (QED) is 0.622. The van der Waals surface area contributed by atoms with E-state index in [1.807, 2.05) is 0 Å². The molecule has 0 aromatic heterocycles. The average Bonchev–Trinajstić information content (AvgIpc) is 2.28. The molecule has 0 bridgehead atoms. The zero-order valence-corrected chi connectivity index (χ0v) is 9.80. The van der Waals surface area contributed by atoms with Crippen LogP contribution in [0, 0.1) is 15.9 Å². The summed E-state index contributed by atoms with van der Waals surface area (Å²) in [4.78, 5) is 22.0. The van der Waals surface area contributed by atoms with Gasteiger partial charge < -0.3 is 10.0 Å². The Bertz CT molecular complexity index is 464. The molecular formula is C11H13FN2O4. The highest BCUT2D eigenvalue weighted by molar-refractivity contribution is 5.67. The van der Waals surface area contributed by atoms with E-state index in [0.29, 0.717) is 13.0 Å². The number of benzene rings is 1. The third-order valence-electron chi connectivity index (χ3n) is 2.43. The maximum absolute atomic E-state index is 12.9. The summed E-state index contributed by atoms with van der Waals surface area (Å²) in [5.41, 5.74) is -0.0559. The molecule has 0 atom stereocenters. The van der Waals surface area contributed by atoms with Crippen LogP contribution in [0.4, 0.5) is 15.8 Å². The Morgan fingerprint density at radius 1 is 1.56 bits per heavy atom. The maximum Gasteiger partial charge on any atom is 0.303 e. The van der Waals surface area contributed by atoms with Crippen LogP contribution in [0.3, 0.4) is 0 Å². The van der Waals surface area contributed by atoms with Crippen LogP contribution in [0.25, 0.3) is 0 Å². The first-order valence-corrected chi connectivity index (χ1v) is 5.28. The highest BCUT2D eigenvalue weighted by Crippen LogP contribution is 2.28. The summed E-state index contributed by atoms with van der Waals surface area (Å²) in [6.07, 6.45) is 0.347. The van der Waals surface area contributed by atoms with Gasteiger partial charge in [0.15, 0.2) is 0 Å². The van der Waals surface area contributed by atoms with Crippen molar-refractivity contribution in [3.8, 4) is 0 Å². The predicted molar refractivity (Wildman–Crippen MR) is 63.2 cm³/mol. The number of hydrogen-bond donors (Lipinski definition) is 1. The van der Waals surface area contributed by atoms with Crippen molar-refractivity contribution in [3.63, 3.8) is 0 Å². The monoisotopic (exact) mass is 256 g/mol. The molecule has 0 radical (unpaired) electrons. The number of nitro groups is 1. The first kappa shape index (κ1) is 13.9. The molecule has 18 heavy (non-hydrogen) atoms. The van der Waals surface area contributed by atoms with Gasteiger partial charge in [0.1, 0.15) is 11.5 Å². The Hall–Kier alpha value is -2.18. The largest absolute Gasteiger partial charge is 0.481 e. The van der Waals surface area contributed by atoms with Crippen molar-refractivity contribution in [1.29, 1.82) is 0 Å². The van der Waals surface area contributed by atoms with E-state index in [1.54, 1.807) is 11.9 Å². The molecule has 98 valence electrons. The van der Waals surface area contributed by atoms with Gasteiger partial charge in [-0.15, -0.1) is 0 Å². The number of hydrogen-bond acceptors (Lipinski definition) is 4. The molecule has 0 spiro atoms. The Kier molecular flexibility index (Phi) is 4.59. The van der Waals surface area contributed by atoms with Gasteiger partial charge >= 0.3 is 5.97 Å². The van der Waals surface area contributed by atoms with Gasteiger partial charge in [-0.3, -0.25) is 14.9 Å². The van der Waals surface area contributed by atoms with E-state index >= 15 is 0 Å². The third kappa shape index (κ3) is 3.69. The number of nitrogens with zero attached hydrogens (tertiary/aromatic N) is 2. The molecule has 0 amide bonds. The second-order valence-corrected chi connectivity index (χ2v) is 3.81. The number of nitro benzene ring substituents is 1. The number of carboxylic acid groups (broad SMARTS) is 1. The van der Waals surface area contributed by atoms with Crippen molar-refractivity contribution < 1.29 is 19.2 Å². The molecule has 0 aliphatic heterocycles. The first-order valence-electron chi connectivity index (χ1n) is 5.28. The van der Waals surface area contributed by atoms with Crippen LogP contribution >= 0.6 is 0 Å². The van der Waals surface area contributed by atoms with Crippen molar-refractivity contribution in [2.24, 2.45) is 0 Å². The van der Waals surface area contributed by atoms with Crippen molar-refractivity contribution in [2.45, 2.75) is 12.8 Å². The topological polar surface area (TPSA) is 83.7 Å². The van der Waals surface area contributed by atoms with E-state index in [-0.39, 0.29) is 17.8 Å². The summed E-state index contributed by atoms with van der Waals surface area (Å²) in [6.45, 7) is 0.346. The minimum atomic E-state index is -0.919. The van der Waals surface area contributed by atoms with Crippen molar-refractivity contribution in [2.75, 3.05) is 18.5 Å². The lowest BCUT2D eigenvalue weighted by Crippen LogP contribution is -2.20. The molecule has 1 aromatic rings. The smallest absolute Gasteiger partial charge is 0.303 e. The second kappa shape index (κ2) is 5.95. The van der Waals surface area contributed by atoms with Gasteiger partial charge in [0.25, 0.3) is 5.69 Å².